The van der Waals surface area contributed by atoms with Gasteiger partial charge in [-0.05, 0) is 61.4 Å². The highest BCUT2D eigenvalue weighted by molar-refractivity contribution is 7.62. The number of fused-ring (bicyclic) bond motifs is 1. The average molecular weight is 556 g/mol. The quantitative estimate of drug-likeness (QED) is 0.156. The molecule has 7 heteroatoms. The summed E-state index contributed by atoms with van der Waals surface area (Å²) in [5.74, 6) is 1.31. The van der Waals surface area contributed by atoms with Crippen molar-refractivity contribution in [3.63, 3.8) is 0 Å². The Hall–Kier alpha value is -3.83. The molecule has 1 atom stereocenters. The third kappa shape index (κ3) is 5.18. The predicted molar refractivity (Wildman–Crippen MR) is 161 cm³/mol. The van der Waals surface area contributed by atoms with Gasteiger partial charge in [0.2, 0.25) is 0 Å². The molecule has 0 N–H and O–H groups in total. The van der Waals surface area contributed by atoms with Gasteiger partial charge in [0.25, 0.3) is 0 Å². The predicted octanol–water partition coefficient (Wildman–Crippen LogP) is 7.72. The first-order chi connectivity index (χ1) is 19.5. The molecule has 0 aliphatic carbocycles. The molecule has 0 aliphatic heterocycles. The second kappa shape index (κ2) is 12.1. The van der Waals surface area contributed by atoms with Crippen LogP contribution in [0.1, 0.15) is 36.6 Å². The van der Waals surface area contributed by atoms with Gasteiger partial charge in [-0.3, -0.25) is 4.57 Å². The summed E-state index contributed by atoms with van der Waals surface area (Å²) in [6.07, 6.45) is 0. The molecule has 4 aromatic carbocycles. The van der Waals surface area contributed by atoms with Gasteiger partial charge in [-0.25, -0.2) is 0 Å². The van der Waals surface area contributed by atoms with Crippen LogP contribution in [0, 0.1) is 0 Å². The van der Waals surface area contributed by atoms with Crippen molar-refractivity contribution in [3.05, 3.63) is 120 Å². The number of rotatable bonds is 11. The Balaban J connectivity index is 1.93. The summed E-state index contributed by atoms with van der Waals surface area (Å²) >= 11 is 0. The van der Waals surface area contributed by atoms with Crippen molar-refractivity contribution in [2.75, 3.05) is 27.4 Å². The highest BCUT2D eigenvalue weighted by Crippen LogP contribution is 2.52. The van der Waals surface area contributed by atoms with Crippen molar-refractivity contribution in [2.45, 2.75) is 19.8 Å². The summed E-state index contributed by atoms with van der Waals surface area (Å²) in [5, 5.41) is 1.80. The second-order valence-corrected chi connectivity index (χ2v) is 11.2. The number of aromatic nitrogens is 1. The van der Waals surface area contributed by atoms with Gasteiger partial charge in [0.05, 0.1) is 33.4 Å². The molecule has 6 nitrogen and oxygen atoms in total. The smallest absolute Gasteiger partial charge is 0.378 e. The zero-order chi connectivity index (χ0) is 28.1. The van der Waals surface area contributed by atoms with E-state index in [1.165, 1.54) is 0 Å². The van der Waals surface area contributed by atoms with Gasteiger partial charge in [-0.1, -0.05) is 66.7 Å². The lowest BCUT2D eigenvalue weighted by atomic mass is 9.86. The molecule has 0 fully saturated rings. The fourth-order valence-electron chi connectivity index (χ4n) is 5.25. The molecule has 1 aromatic heterocycles. The minimum Gasteiger partial charge on any atom is -0.497 e. The Labute approximate surface area is 235 Å². The Morgan fingerprint density at radius 2 is 1.15 bits per heavy atom. The minimum absolute atomic E-state index is 0.204. The van der Waals surface area contributed by atoms with Crippen LogP contribution < -0.4 is 14.9 Å². The second-order valence-electron chi connectivity index (χ2n) is 9.24. The number of methoxy groups -OCH3 is 2. The molecule has 0 radical (unpaired) electrons. The third-order valence-electron chi connectivity index (χ3n) is 6.94. The first-order valence-corrected chi connectivity index (χ1v) is 14.9. The molecule has 0 spiro atoms. The van der Waals surface area contributed by atoms with Crippen LogP contribution in [0.3, 0.4) is 0 Å². The molecule has 0 amide bonds. The van der Waals surface area contributed by atoms with Crippen LogP contribution in [-0.2, 0) is 13.6 Å². The van der Waals surface area contributed by atoms with Crippen LogP contribution in [0.5, 0.6) is 11.5 Å². The van der Waals surface area contributed by atoms with Crippen LogP contribution in [0.2, 0.25) is 0 Å². The number of benzene rings is 4. The Morgan fingerprint density at radius 3 is 1.70 bits per heavy atom. The molecule has 5 aromatic rings. The van der Waals surface area contributed by atoms with Gasteiger partial charge in [0, 0.05) is 22.2 Å². The van der Waals surface area contributed by atoms with E-state index in [1.54, 1.807) is 14.2 Å². The highest BCUT2D eigenvalue weighted by atomic mass is 31.2. The molecule has 0 saturated heterocycles. The van der Waals surface area contributed by atoms with E-state index >= 15 is 0 Å². The number of hydrogen-bond donors (Lipinski definition) is 0. The lowest BCUT2D eigenvalue weighted by Gasteiger charge is -2.25. The molecule has 1 heterocycles. The first-order valence-electron chi connectivity index (χ1n) is 13.4. The topological polar surface area (TPSA) is 58.9 Å². The lowest BCUT2D eigenvalue weighted by Crippen LogP contribution is -2.23. The van der Waals surface area contributed by atoms with Crippen LogP contribution in [-0.4, -0.2) is 32.0 Å². The summed E-state index contributed by atoms with van der Waals surface area (Å²) in [6.45, 7) is 4.16. The summed E-state index contributed by atoms with van der Waals surface area (Å²) in [6, 6.07) is 34.3. The van der Waals surface area contributed by atoms with Gasteiger partial charge in [0.1, 0.15) is 16.9 Å². The maximum atomic E-state index is 14.6. The van der Waals surface area contributed by atoms with E-state index in [-0.39, 0.29) is 19.1 Å². The van der Waals surface area contributed by atoms with Crippen LogP contribution in [0.25, 0.3) is 16.5 Å². The van der Waals surface area contributed by atoms with E-state index in [4.69, 9.17) is 18.5 Å². The molecule has 1 unspecified atom stereocenters. The molecule has 0 bridgehead atoms. The van der Waals surface area contributed by atoms with E-state index in [0.717, 1.165) is 44.8 Å². The Bertz CT molecular complexity index is 1600. The van der Waals surface area contributed by atoms with Gasteiger partial charge >= 0.3 is 7.60 Å². The fraction of sp³-hybridized carbons (Fsp3) is 0.212. The van der Waals surface area contributed by atoms with E-state index in [0.29, 0.717) is 5.44 Å². The minimum atomic E-state index is -3.74. The summed E-state index contributed by atoms with van der Waals surface area (Å²) in [7, 11) is -0.436. The number of hydrogen-bond acceptors (Lipinski definition) is 5. The maximum absolute atomic E-state index is 14.6. The number of ether oxygens (including phenoxy) is 2. The lowest BCUT2D eigenvalue weighted by molar-refractivity contribution is 0.229. The maximum Gasteiger partial charge on any atom is 0.378 e. The Morgan fingerprint density at radius 1 is 0.650 bits per heavy atom. The van der Waals surface area contributed by atoms with Gasteiger partial charge in [-0.15, -0.1) is 0 Å². The molecule has 0 saturated carbocycles. The summed E-state index contributed by atoms with van der Waals surface area (Å²) < 4.78 is 39.6. The van der Waals surface area contributed by atoms with Gasteiger partial charge in [0.15, 0.2) is 0 Å². The van der Waals surface area contributed by atoms with Crippen LogP contribution in [0.15, 0.2) is 103 Å². The van der Waals surface area contributed by atoms with E-state index in [9.17, 15) is 4.57 Å². The number of nitrogens with zero attached hydrogens (tertiary/aromatic N) is 1. The molecule has 5 rings (SSSR count). The Kier molecular flexibility index (Phi) is 8.41. The zero-order valence-corrected chi connectivity index (χ0v) is 24.1. The van der Waals surface area contributed by atoms with Crippen molar-refractivity contribution in [2.24, 2.45) is 0 Å². The molecular formula is C33H34NO5P. The third-order valence-corrected chi connectivity index (χ3v) is 9.10. The largest absolute Gasteiger partial charge is 0.497 e. The van der Waals surface area contributed by atoms with Crippen LogP contribution >= 0.6 is 7.60 Å². The van der Waals surface area contributed by atoms with Crippen molar-refractivity contribution in [1.29, 1.82) is 0 Å². The van der Waals surface area contributed by atoms with Crippen molar-refractivity contribution in [3.8, 4) is 17.2 Å². The van der Waals surface area contributed by atoms with Crippen molar-refractivity contribution in [1.82, 2.24) is 4.57 Å². The van der Waals surface area contributed by atoms with E-state index < -0.39 is 7.60 Å². The average Bonchev–Trinajstić information content (AvgIpc) is 3.34. The van der Waals surface area contributed by atoms with E-state index in [1.807, 2.05) is 86.6 Å². The van der Waals surface area contributed by atoms with Crippen molar-refractivity contribution < 1.29 is 23.1 Å². The van der Waals surface area contributed by atoms with Gasteiger partial charge in [-0.2, -0.15) is 0 Å². The monoisotopic (exact) mass is 555 g/mol. The molecule has 206 valence electrons. The standard InChI is InChI=1S/C33H34NO5P/c1-5-38-40(35,39-6-2)33-30-15-11-10-14-29(30)32(34(33)26-18-22-28(37-4)23-19-26)31(24-12-8-7-9-13-24)25-16-20-27(36-3)21-17-25/h7-23,31H,5-6H2,1-4H3. The zero-order valence-electron chi connectivity index (χ0n) is 23.2. The summed E-state index contributed by atoms with van der Waals surface area (Å²) in [5.41, 5.74) is 4.48. The summed E-state index contributed by atoms with van der Waals surface area (Å²) in [4.78, 5) is 0. The normalized spacial score (nSPS) is 12.4. The molecular weight excluding hydrogens is 521 g/mol. The SMILES string of the molecule is CCOP(=O)(OCC)c1c2ccccc2c(C(c2ccccc2)c2ccc(OC)cc2)n1-c1ccc(OC)cc1. The van der Waals surface area contributed by atoms with Gasteiger partial charge < -0.3 is 23.1 Å². The van der Waals surface area contributed by atoms with E-state index in [2.05, 4.69) is 34.9 Å². The van der Waals surface area contributed by atoms with Crippen molar-refractivity contribution >= 4 is 23.8 Å². The fourth-order valence-corrected chi connectivity index (χ4v) is 7.21. The molecule has 0 aliphatic rings. The first kappa shape index (κ1) is 27.7. The molecule has 40 heavy (non-hydrogen) atoms. The highest BCUT2D eigenvalue weighted by Gasteiger charge is 2.38. The van der Waals surface area contributed by atoms with Crippen LogP contribution in [0.4, 0.5) is 0 Å².